The Hall–Kier alpha value is -3.09. The number of fused-ring (bicyclic) bond motifs is 1. The van der Waals surface area contributed by atoms with Gasteiger partial charge < -0.3 is 9.67 Å². The molecule has 192 valence electrons. The number of carboxylic acids is 1. The molecular formula is C29H32F3NO3. The lowest BCUT2D eigenvalue weighted by Crippen LogP contribution is -2.30. The van der Waals surface area contributed by atoms with Gasteiger partial charge in [0.05, 0.1) is 11.0 Å². The van der Waals surface area contributed by atoms with Crippen LogP contribution in [0, 0.1) is 11.3 Å². The summed E-state index contributed by atoms with van der Waals surface area (Å²) >= 11 is 0. The van der Waals surface area contributed by atoms with E-state index in [1.54, 1.807) is 24.5 Å². The van der Waals surface area contributed by atoms with Gasteiger partial charge in [-0.25, -0.2) is 0 Å². The van der Waals surface area contributed by atoms with E-state index in [9.17, 15) is 27.9 Å². The Morgan fingerprint density at radius 2 is 1.75 bits per heavy atom. The highest BCUT2D eigenvalue weighted by Gasteiger charge is 2.37. The zero-order chi connectivity index (χ0) is 26.4. The van der Waals surface area contributed by atoms with Crippen molar-refractivity contribution in [2.75, 3.05) is 0 Å². The van der Waals surface area contributed by atoms with E-state index in [4.69, 9.17) is 0 Å². The van der Waals surface area contributed by atoms with Gasteiger partial charge >= 0.3 is 12.1 Å². The molecule has 1 aliphatic rings. The van der Waals surface area contributed by atoms with E-state index in [1.165, 1.54) is 12.1 Å². The van der Waals surface area contributed by atoms with Crippen molar-refractivity contribution in [3.8, 4) is 0 Å². The standard InChI is InChI=1S/C29H32F3NO3/c1-17(2)19-12-13-23-21(14-19)25(26(34)18-9-7-10-18)24(15-28(3,4)27(35)36)33(23)16-20-8-5-6-11-22(20)29(30,31)32/h5-6,8,11-14,17-18H,7,9-10,15-16H2,1-4H3,(H,35,36). The molecule has 1 saturated carbocycles. The first kappa shape index (κ1) is 26.0. The second kappa shape index (κ2) is 9.41. The summed E-state index contributed by atoms with van der Waals surface area (Å²) in [4.78, 5) is 25.8. The lowest BCUT2D eigenvalue weighted by molar-refractivity contribution is -0.146. The number of benzene rings is 2. The number of hydrogen-bond donors (Lipinski definition) is 1. The van der Waals surface area contributed by atoms with E-state index in [0.29, 0.717) is 22.2 Å². The number of halogens is 3. The molecule has 1 heterocycles. The van der Waals surface area contributed by atoms with Gasteiger partial charge in [0.15, 0.2) is 5.78 Å². The van der Waals surface area contributed by atoms with Crippen molar-refractivity contribution in [1.82, 2.24) is 4.57 Å². The van der Waals surface area contributed by atoms with Gasteiger partial charge in [-0.3, -0.25) is 9.59 Å². The first-order chi connectivity index (χ1) is 16.8. The number of ketones is 1. The van der Waals surface area contributed by atoms with Gasteiger partial charge in [0.2, 0.25) is 0 Å². The molecule has 0 saturated heterocycles. The molecular weight excluding hydrogens is 467 g/mol. The van der Waals surface area contributed by atoms with Gasteiger partial charge in [-0.2, -0.15) is 13.2 Å². The number of Topliss-reactive ketones (excluding diaryl/α,β-unsaturated/α-hetero) is 1. The molecule has 1 aromatic heterocycles. The highest BCUT2D eigenvalue weighted by molar-refractivity contribution is 6.11. The predicted molar refractivity (Wildman–Crippen MR) is 133 cm³/mol. The third-order valence-electron chi connectivity index (χ3n) is 7.42. The van der Waals surface area contributed by atoms with Crippen LogP contribution in [-0.2, 0) is 23.9 Å². The number of aliphatic carboxylic acids is 1. The number of alkyl halides is 3. The molecule has 0 aliphatic heterocycles. The fraction of sp³-hybridized carbons (Fsp3) is 0.448. The van der Waals surface area contributed by atoms with Crippen LogP contribution < -0.4 is 0 Å². The van der Waals surface area contributed by atoms with Crippen LogP contribution >= 0.6 is 0 Å². The van der Waals surface area contributed by atoms with E-state index in [2.05, 4.69) is 0 Å². The number of hydrogen-bond acceptors (Lipinski definition) is 2. The van der Waals surface area contributed by atoms with Crippen molar-refractivity contribution < 1.29 is 27.9 Å². The van der Waals surface area contributed by atoms with Crippen LogP contribution in [0.15, 0.2) is 42.5 Å². The summed E-state index contributed by atoms with van der Waals surface area (Å²) in [5.41, 5.74) is 0.749. The fourth-order valence-electron chi connectivity index (χ4n) is 4.90. The minimum atomic E-state index is -4.53. The summed E-state index contributed by atoms with van der Waals surface area (Å²) in [5.74, 6) is -1.01. The van der Waals surface area contributed by atoms with Crippen LogP contribution in [0.25, 0.3) is 10.9 Å². The van der Waals surface area contributed by atoms with Crippen LogP contribution in [0.3, 0.4) is 0 Å². The van der Waals surface area contributed by atoms with Crippen LogP contribution in [-0.4, -0.2) is 21.4 Å². The topological polar surface area (TPSA) is 59.3 Å². The van der Waals surface area contributed by atoms with Gasteiger partial charge in [-0.05, 0) is 61.9 Å². The van der Waals surface area contributed by atoms with Crippen molar-refractivity contribution in [3.05, 3.63) is 70.4 Å². The van der Waals surface area contributed by atoms with E-state index in [-0.39, 0.29) is 36.1 Å². The zero-order valence-electron chi connectivity index (χ0n) is 21.1. The van der Waals surface area contributed by atoms with Crippen molar-refractivity contribution in [1.29, 1.82) is 0 Å². The molecule has 4 rings (SSSR count). The Bertz CT molecular complexity index is 1310. The summed E-state index contributed by atoms with van der Waals surface area (Å²) < 4.78 is 43.2. The number of nitrogens with zero attached hydrogens (tertiary/aromatic N) is 1. The lowest BCUT2D eigenvalue weighted by atomic mass is 9.78. The molecule has 36 heavy (non-hydrogen) atoms. The maximum Gasteiger partial charge on any atom is 0.416 e. The predicted octanol–water partition coefficient (Wildman–Crippen LogP) is 7.47. The Morgan fingerprint density at radius 1 is 1.08 bits per heavy atom. The Morgan fingerprint density at radius 3 is 2.31 bits per heavy atom. The second-order valence-electron chi connectivity index (χ2n) is 10.9. The van der Waals surface area contributed by atoms with E-state index in [1.807, 2.05) is 32.0 Å². The van der Waals surface area contributed by atoms with Gasteiger partial charge in [0.1, 0.15) is 0 Å². The Balaban J connectivity index is 2.01. The van der Waals surface area contributed by atoms with Crippen LogP contribution in [0.2, 0.25) is 0 Å². The van der Waals surface area contributed by atoms with Gasteiger partial charge in [-0.1, -0.05) is 44.5 Å². The maximum absolute atomic E-state index is 13.8. The van der Waals surface area contributed by atoms with Gasteiger partial charge in [0.25, 0.3) is 0 Å². The number of aromatic nitrogens is 1. The highest BCUT2D eigenvalue weighted by Crippen LogP contribution is 2.40. The summed E-state index contributed by atoms with van der Waals surface area (Å²) in [5, 5.41) is 10.6. The average Bonchev–Trinajstić information content (AvgIpc) is 3.03. The van der Waals surface area contributed by atoms with E-state index >= 15 is 0 Å². The Labute approximate surface area is 209 Å². The molecule has 1 fully saturated rings. The smallest absolute Gasteiger partial charge is 0.416 e. The molecule has 2 aromatic carbocycles. The van der Waals surface area contributed by atoms with Crippen molar-refractivity contribution in [3.63, 3.8) is 0 Å². The van der Waals surface area contributed by atoms with E-state index in [0.717, 1.165) is 30.9 Å². The minimum Gasteiger partial charge on any atom is -0.481 e. The van der Waals surface area contributed by atoms with Crippen LogP contribution in [0.4, 0.5) is 13.2 Å². The molecule has 1 N–H and O–H groups in total. The van der Waals surface area contributed by atoms with Crippen LogP contribution in [0.5, 0.6) is 0 Å². The number of carboxylic acid groups (broad SMARTS) is 1. The number of rotatable bonds is 8. The van der Waals surface area contributed by atoms with Crippen molar-refractivity contribution in [2.45, 2.75) is 72.0 Å². The molecule has 0 atom stereocenters. The second-order valence-corrected chi connectivity index (χ2v) is 10.9. The molecule has 0 bridgehead atoms. The molecule has 0 amide bonds. The number of carbonyl (C=O) groups excluding carboxylic acids is 1. The zero-order valence-corrected chi connectivity index (χ0v) is 21.1. The molecule has 4 nitrogen and oxygen atoms in total. The third kappa shape index (κ3) is 4.80. The summed E-state index contributed by atoms with van der Waals surface area (Å²) in [6.45, 7) is 7.13. The van der Waals surface area contributed by atoms with E-state index < -0.39 is 23.1 Å². The first-order valence-corrected chi connectivity index (χ1v) is 12.4. The normalized spacial score (nSPS) is 14.9. The molecule has 3 aromatic rings. The third-order valence-corrected chi connectivity index (χ3v) is 7.42. The quantitative estimate of drug-likeness (QED) is 0.327. The summed E-state index contributed by atoms with van der Waals surface area (Å²) in [6.07, 6.45) is -2.01. The fourth-order valence-corrected chi connectivity index (χ4v) is 4.90. The van der Waals surface area contributed by atoms with Gasteiger partial charge in [0, 0.05) is 41.0 Å². The van der Waals surface area contributed by atoms with Crippen molar-refractivity contribution in [2.24, 2.45) is 11.3 Å². The maximum atomic E-state index is 13.8. The number of carbonyl (C=O) groups is 2. The molecule has 7 heteroatoms. The summed E-state index contributed by atoms with van der Waals surface area (Å²) in [6, 6.07) is 11.2. The molecule has 0 radical (unpaired) electrons. The first-order valence-electron chi connectivity index (χ1n) is 12.4. The molecule has 1 aliphatic carbocycles. The Kier molecular flexibility index (Phi) is 6.80. The minimum absolute atomic E-state index is 0.0238. The van der Waals surface area contributed by atoms with Crippen molar-refractivity contribution >= 4 is 22.7 Å². The monoisotopic (exact) mass is 499 g/mol. The lowest BCUT2D eigenvalue weighted by Gasteiger charge is -2.26. The summed E-state index contributed by atoms with van der Waals surface area (Å²) in [7, 11) is 0. The molecule has 0 spiro atoms. The van der Waals surface area contributed by atoms with Crippen LogP contribution in [0.1, 0.15) is 85.6 Å². The highest BCUT2D eigenvalue weighted by atomic mass is 19.4. The molecule has 0 unspecified atom stereocenters. The largest absolute Gasteiger partial charge is 0.481 e. The average molecular weight is 500 g/mol. The van der Waals surface area contributed by atoms with Gasteiger partial charge in [-0.15, -0.1) is 0 Å². The SMILES string of the molecule is CC(C)c1ccc2c(c1)c(C(=O)C1CCC1)c(CC(C)(C)C(=O)O)n2Cc1ccccc1C(F)(F)F.